The summed E-state index contributed by atoms with van der Waals surface area (Å²) >= 11 is 0. The zero-order valence-electron chi connectivity index (χ0n) is 12.4. The first-order chi connectivity index (χ1) is 9.69. The van der Waals surface area contributed by atoms with E-state index in [9.17, 15) is 0 Å². The molecule has 0 bridgehead atoms. The van der Waals surface area contributed by atoms with E-state index in [1.54, 1.807) is 0 Å². The van der Waals surface area contributed by atoms with Crippen molar-refractivity contribution < 1.29 is 4.74 Å². The second kappa shape index (κ2) is 5.19. The maximum atomic E-state index is 5.99. The molecule has 1 unspecified atom stereocenters. The van der Waals surface area contributed by atoms with Gasteiger partial charge in [-0.05, 0) is 35.7 Å². The number of ether oxygens (including phenoxy) is 1. The predicted molar refractivity (Wildman–Crippen MR) is 84.0 cm³/mol. The highest BCUT2D eigenvalue weighted by atomic mass is 16.5. The van der Waals surface area contributed by atoms with Gasteiger partial charge in [0.15, 0.2) is 0 Å². The summed E-state index contributed by atoms with van der Waals surface area (Å²) in [4.78, 5) is 0. The third kappa shape index (κ3) is 2.04. The lowest BCUT2D eigenvalue weighted by Gasteiger charge is -2.47. The van der Waals surface area contributed by atoms with Crippen molar-refractivity contribution in [1.29, 1.82) is 0 Å². The molecule has 20 heavy (non-hydrogen) atoms. The summed E-state index contributed by atoms with van der Waals surface area (Å²) < 4.78 is 5.55. The predicted octanol–water partition coefficient (Wildman–Crippen LogP) is 3.40. The van der Waals surface area contributed by atoms with E-state index in [2.05, 4.69) is 50.2 Å². The van der Waals surface area contributed by atoms with Crippen molar-refractivity contribution >= 4 is 10.8 Å². The van der Waals surface area contributed by atoms with Gasteiger partial charge in [0, 0.05) is 5.41 Å². The molecule has 0 spiro atoms. The second-order valence-electron chi connectivity index (χ2n) is 6.06. The molecule has 2 aromatic rings. The van der Waals surface area contributed by atoms with Gasteiger partial charge in [-0.1, -0.05) is 55.3 Å². The summed E-state index contributed by atoms with van der Waals surface area (Å²) in [5, 5.41) is 2.62. The van der Waals surface area contributed by atoms with E-state index in [0.717, 1.165) is 26.2 Å². The summed E-state index contributed by atoms with van der Waals surface area (Å²) in [7, 11) is 0. The molecule has 2 heteroatoms. The molecule has 1 saturated heterocycles. The van der Waals surface area contributed by atoms with E-state index in [4.69, 9.17) is 10.5 Å². The number of hydrogen-bond acceptors (Lipinski definition) is 2. The smallest absolute Gasteiger partial charge is 0.0588 e. The van der Waals surface area contributed by atoms with Crippen LogP contribution < -0.4 is 5.73 Å². The highest BCUT2D eigenvalue weighted by molar-refractivity contribution is 5.84. The number of benzene rings is 2. The topological polar surface area (TPSA) is 35.2 Å². The average molecular weight is 269 g/mol. The van der Waals surface area contributed by atoms with E-state index in [-0.39, 0.29) is 5.41 Å². The lowest BCUT2D eigenvalue weighted by molar-refractivity contribution is -0.0897. The molecule has 0 radical (unpaired) electrons. The fraction of sp³-hybridized carbons (Fsp3) is 0.444. The molecule has 1 atom stereocenters. The fourth-order valence-electron chi connectivity index (χ4n) is 3.42. The number of aryl methyl sites for hydroxylation is 1. The highest BCUT2D eigenvalue weighted by Crippen LogP contribution is 2.41. The molecule has 106 valence electrons. The Kier molecular flexibility index (Phi) is 3.53. The largest absolute Gasteiger partial charge is 0.379 e. The van der Waals surface area contributed by atoms with Gasteiger partial charge >= 0.3 is 0 Å². The molecule has 1 aliphatic heterocycles. The van der Waals surface area contributed by atoms with Crippen LogP contribution in [0.4, 0.5) is 0 Å². The normalized spacial score (nSPS) is 18.8. The fourth-order valence-corrected chi connectivity index (χ4v) is 3.42. The summed E-state index contributed by atoms with van der Waals surface area (Å²) in [5.41, 5.74) is 8.81. The Labute approximate surface area is 120 Å². The van der Waals surface area contributed by atoms with Crippen molar-refractivity contribution in [2.75, 3.05) is 19.8 Å². The third-order valence-corrected chi connectivity index (χ3v) is 4.85. The summed E-state index contributed by atoms with van der Waals surface area (Å²) in [5.74, 6) is 0.499. The molecule has 3 rings (SSSR count). The minimum absolute atomic E-state index is 0.128. The van der Waals surface area contributed by atoms with Gasteiger partial charge in [0.1, 0.15) is 0 Å². The zero-order valence-corrected chi connectivity index (χ0v) is 12.4. The summed E-state index contributed by atoms with van der Waals surface area (Å²) in [6, 6.07) is 13.5. The van der Waals surface area contributed by atoms with Gasteiger partial charge in [-0.2, -0.15) is 0 Å². The van der Waals surface area contributed by atoms with Crippen molar-refractivity contribution in [3.8, 4) is 0 Å². The van der Waals surface area contributed by atoms with Crippen LogP contribution >= 0.6 is 0 Å². The molecule has 1 fully saturated rings. The van der Waals surface area contributed by atoms with Crippen LogP contribution in [0.15, 0.2) is 36.4 Å². The van der Waals surface area contributed by atoms with E-state index < -0.39 is 0 Å². The Morgan fingerprint density at radius 3 is 2.45 bits per heavy atom. The maximum absolute atomic E-state index is 5.99. The van der Waals surface area contributed by atoms with Crippen molar-refractivity contribution in [3.63, 3.8) is 0 Å². The van der Waals surface area contributed by atoms with E-state index in [1.165, 1.54) is 21.9 Å². The van der Waals surface area contributed by atoms with Gasteiger partial charge in [0.2, 0.25) is 0 Å². The van der Waals surface area contributed by atoms with Gasteiger partial charge in [0.05, 0.1) is 13.2 Å². The molecule has 1 aliphatic rings. The van der Waals surface area contributed by atoms with E-state index >= 15 is 0 Å². The van der Waals surface area contributed by atoms with Gasteiger partial charge in [-0.25, -0.2) is 0 Å². The molecule has 1 heterocycles. The van der Waals surface area contributed by atoms with Crippen LogP contribution in [0.1, 0.15) is 24.5 Å². The summed E-state index contributed by atoms with van der Waals surface area (Å²) in [6.07, 6.45) is 1.10. The Morgan fingerprint density at radius 1 is 1.15 bits per heavy atom. The number of hydrogen-bond donors (Lipinski definition) is 1. The van der Waals surface area contributed by atoms with Crippen molar-refractivity contribution in [3.05, 3.63) is 47.5 Å². The van der Waals surface area contributed by atoms with Gasteiger partial charge < -0.3 is 10.5 Å². The lowest BCUT2D eigenvalue weighted by Crippen LogP contribution is -2.54. The maximum Gasteiger partial charge on any atom is 0.0588 e. The minimum Gasteiger partial charge on any atom is -0.379 e. The summed E-state index contributed by atoms with van der Waals surface area (Å²) in [6.45, 7) is 6.70. The van der Waals surface area contributed by atoms with Gasteiger partial charge in [0.25, 0.3) is 0 Å². The second-order valence-corrected chi connectivity index (χ2v) is 6.06. The Morgan fingerprint density at radius 2 is 1.85 bits per heavy atom. The van der Waals surface area contributed by atoms with Crippen LogP contribution in [0.2, 0.25) is 0 Å². The molecule has 2 nitrogen and oxygen atoms in total. The van der Waals surface area contributed by atoms with E-state index in [1.807, 2.05) is 0 Å². The standard InChI is InChI=1S/C18H23NO/c1-3-16(10-19)18(11-20-12-18)17-7-6-14-8-13(2)4-5-15(14)9-17/h4-9,16H,3,10-12,19H2,1-2H3. The SMILES string of the molecule is CCC(CN)C1(c2ccc3cc(C)ccc3c2)COC1. The lowest BCUT2D eigenvalue weighted by atomic mass is 9.67. The number of fused-ring (bicyclic) bond motifs is 1. The average Bonchev–Trinajstić information content (AvgIpc) is 2.42. The molecule has 0 aromatic heterocycles. The quantitative estimate of drug-likeness (QED) is 0.923. The molecule has 0 saturated carbocycles. The number of rotatable bonds is 4. The molecule has 2 N–H and O–H groups in total. The molecular formula is C18H23NO. The highest BCUT2D eigenvalue weighted by Gasteiger charge is 2.45. The molecular weight excluding hydrogens is 246 g/mol. The first-order valence-electron chi connectivity index (χ1n) is 7.48. The van der Waals surface area contributed by atoms with Crippen LogP contribution in [0.3, 0.4) is 0 Å². The van der Waals surface area contributed by atoms with Crippen LogP contribution in [-0.4, -0.2) is 19.8 Å². The van der Waals surface area contributed by atoms with Crippen LogP contribution in [0.5, 0.6) is 0 Å². The first-order valence-corrected chi connectivity index (χ1v) is 7.48. The van der Waals surface area contributed by atoms with Crippen LogP contribution in [0.25, 0.3) is 10.8 Å². The monoisotopic (exact) mass is 269 g/mol. The zero-order chi connectivity index (χ0) is 14.2. The van der Waals surface area contributed by atoms with Crippen LogP contribution in [0, 0.1) is 12.8 Å². The van der Waals surface area contributed by atoms with Crippen molar-refractivity contribution in [2.24, 2.45) is 11.7 Å². The van der Waals surface area contributed by atoms with Crippen LogP contribution in [-0.2, 0) is 10.2 Å². The van der Waals surface area contributed by atoms with Crippen molar-refractivity contribution in [2.45, 2.75) is 25.7 Å². The Bertz CT molecular complexity index is 612. The van der Waals surface area contributed by atoms with E-state index in [0.29, 0.717) is 5.92 Å². The third-order valence-electron chi connectivity index (χ3n) is 4.85. The van der Waals surface area contributed by atoms with Gasteiger partial charge in [-0.3, -0.25) is 0 Å². The molecule has 0 aliphatic carbocycles. The molecule has 2 aromatic carbocycles. The van der Waals surface area contributed by atoms with Crippen molar-refractivity contribution in [1.82, 2.24) is 0 Å². The molecule has 0 amide bonds. The number of nitrogens with two attached hydrogens (primary N) is 1. The Hall–Kier alpha value is -1.38. The van der Waals surface area contributed by atoms with Gasteiger partial charge in [-0.15, -0.1) is 0 Å². The first kappa shape index (κ1) is 13.6. The Balaban J connectivity index is 2.06. The minimum atomic E-state index is 0.128.